The van der Waals surface area contributed by atoms with E-state index < -0.39 is 6.43 Å². The summed E-state index contributed by atoms with van der Waals surface area (Å²) in [6.07, 6.45) is 4.03. The number of likely N-dealkylation sites (N-methyl/N-ethyl adjacent to an activating group) is 1. The van der Waals surface area contributed by atoms with Gasteiger partial charge in [-0.2, -0.15) is 0 Å². The molecule has 0 spiro atoms. The van der Waals surface area contributed by atoms with Gasteiger partial charge in [-0.15, -0.1) is 0 Å². The predicted molar refractivity (Wildman–Crippen MR) is 169 cm³/mol. The van der Waals surface area contributed by atoms with Gasteiger partial charge in [-0.25, -0.2) is 18.6 Å². The quantitative estimate of drug-likeness (QED) is 0.225. The lowest BCUT2D eigenvalue weighted by molar-refractivity contribution is 0.136. The van der Waals surface area contributed by atoms with Gasteiger partial charge < -0.3 is 24.8 Å². The highest BCUT2D eigenvalue weighted by Gasteiger charge is 2.30. The zero-order valence-electron chi connectivity index (χ0n) is 25.7. The van der Waals surface area contributed by atoms with Crippen LogP contribution in [0.25, 0.3) is 11.0 Å². The Labute approximate surface area is 261 Å². The Balaban J connectivity index is 1.06. The van der Waals surface area contributed by atoms with E-state index in [2.05, 4.69) is 45.1 Å². The molecular weight excluding hydrogens is 576 g/mol. The van der Waals surface area contributed by atoms with Gasteiger partial charge in [0.1, 0.15) is 17.1 Å². The van der Waals surface area contributed by atoms with Crippen molar-refractivity contribution >= 4 is 22.8 Å². The Morgan fingerprint density at radius 2 is 1.93 bits per heavy atom. The number of aromatic amines is 1. The van der Waals surface area contributed by atoms with Gasteiger partial charge in [0.15, 0.2) is 0 Å². The molecule has 1 saturated carbocycles. The van der Waals surface area contributed by atoms with E-state index in [-0.39, 0.29) is 17.5 Å². The first kappa shape index (κ1) is 29.6. The fourth-order valence-corrected chi connectivity index (χ4v) is 6.47. The molecule has 7 rings (SSSR count). The number of hydrogen-bond acceptors (Lipinski definition) is 6. The molecule has 1 atom stereocenters. The van der Waals surface area contributed by atoms with Crippen LogP contribution in [0.3, 0.4) is 0 Å². The van der Waals surface area contributed by atoms with Crippen LogP contribution in [0.4, 0.5) is 19.3 Å². The van der Waals surface area contributed by atoms with E-state index in [0.29, 0.717) is 48.3 Å². The highest BCUT2D eigenvalue weighted by Crippen LogP contribution is 2.42. The number of amides is 2. The fraction of sp³-hybridized carbons (Fsp3) is 0.441. The minimum absolute atomic E-state index is 0.0370. The normalized spacial score (nSPS) is 19.2. The van der Waals surface area contributed by atoms with Gasteiger partial charge in [0.25, 0.3) is 6.43 Å². The third-order valence-corrected chi connectivity index (χ3v) is 9.32. The highest BCUT2D eigenvalue weighted by molar-refractivity contribution is 5.89. The molecule has 2 aliphatic heterocycles. The minimum atomic E-state index is -2.63. The van der Waals surface area contributed by atoms with Crippen LogP contribution in [0.15, 0.2) is 48.8 Å². The molecule has 45 heavy (non-hydrogen) atoms. The Kier molecular flexibility index (Phi) is 8.14. The number of hydrogen-bond donors (Lipinski definition) is 2. The van der Waals surface area contributed by atoms with Crippen molar-refractivity contribution < 1.29 is 18.3 Å². The second kappa shape index (κ2) is 12.4. The third-order valence-electron chi connectivity index (χ3n) is 9.32. The summed E-state index contributed by atoms with van der Waals surface area (Å²) in [6.45, 7) is 6.89. The van der Waals surface area contributed by atoms with E-state index in [1.54, 1.807) is 29.4 Å². The van der Waals surface area contributed by atoms with Crippen molar-refractivity contribution in [3.63, 3.8) is 0 Å². The number of H-pyrrole nitrogens is 1. The van der Waals surface area contributed by atoms with Gasteiger partial charge >= 0.3 is 6.03 Å². The molecule has 9 nitrogen and oxygen atoms in total. The molecule has 2 fully saturated rings. The maximum absolute atomic E-state index is 14.1. The van der Waals surface area contributed by atoms with Crippen LogP contribution < -0.4 is 10.1 Å². The van der Waals surface area contributed by atoms with E-state index in [1.165, 1.54) is 24.6 Å². The van der Waals surface area contributed by atoms with Gasteiger partial charge in [-0.3, -0.25) is 9.88 Å². The molecule has 2 N–H and O–H groups in total. The molecule has 0 radical (unpaired) electrons. The monoisotopic (exact) mass is 615 g/mol. The molecule has 0 unspecified atom stereocenters. The van der Waals surface area contributed by atoms with Crippen molar-refractivity contribution in [3.8, 4) is 11.5 Å². The van der Waals surface area contributed by atoms with Crippen molar-refractivity contribution in [2.24, 2.45) is 0 Å². The number of urea groups is 1. The zero-order chi connectivity index (χ0) is 31.1. The van der Waals surface area contributed by atoms with Gasteiger partial charge in [-0.05, 0) is 73.7 Å². The van der Waals surface area contributed by atoms with Crippen LogP contribution >= 0.6 is 0 Å². The van der Waals surface area contributed by atoms with Crippen LogP contribution in [-0.4, -0.2) is 75.5 Å². The molecule has 1 aliphatic carbocycles. The summed E-state index contributed by atoms with van der Waals surface area (Å²) in [4.78, 5) is 32.3. The van der Waals surface area contributed by atoms with Crippen LogP contribution in [0, 0.1) is 0 Å². The number of anilines is 1. The number of carbonyl (C=O) groups is 1. The van der Waals surface area contributed by atoms with Gasteiger partial charge in [0.2, 0.25) is 0 Å². The SMILES string of the molecule is CC[C@H]1CN(C(=O)Nc2ccc(CN3CCN(C)CC3)c(C(F)F)c2)Cc2cc(Oc3ccnc4[nH]c(C5CC5)cc34)cnc21. The van der Waals surface area contributed by atoms with E-state index in [0.717, 1.165) is 54.9 Å². The molecule has 236 valence electrons. The molecule has 4 aromatic rings. The van der Waals surface area contributed by atoms with Crippen molar-refractivity contribution in [3.05, 3.63) is 76.9 Å². The van der Waals surface area contributed by atoms with Crippen LogP contribution in [-0.2, 0) is 13.1 Å². The smallest absolute Gasteiger partial charge is 0.322 e. The lowest BCUT2D eigenvalue weighted by atomic mass is 9.92. The van der Waals surface area contributed by atoms with E-state index in [4.69, 9.17) is 9.72 Å². The number of alkyl halides is 2. The van der Waals surface area contributed by atoms with Crippen molar-refractivity contribution in [1.82, 2.24) is 29.7 Å². The second-order valence-electron chi connectivity index (χ2n) is 12.6. The van der Waals surface area contributed by atoms with Crippen molar-refractivity contribution in [2.45, 2.75) is 57.5 Å². The molecule has 1 aromatic carbocycles. The van der Waals surface area contributed by atoms with E-state index >= 15 is 0 Å². The number of benzene rings is 1. The number of rotatable bonds is 8. The van der Waals surface area contributed by atoms with Crippen LogP contribution in [0.1, 0.15) is 72.5 Å². The van der Waals surface area contributed by atoms with Crippen molar-refractivity contribution in [1.29, 1.82) is 0 Å². The topological polar surface area (TPSA) is 89.6 Å². The fourth-order valence-electron chi connectivity index (χ4n) is 6.47. The Morgan fingerprint density at radius 1 is 1.11 bits per heavy atom. The predicted octanol–water partition coefficient (Wildman–Crippen LogP) is 6.85. The summed E-state index contributed by atoms with van der Waals surface area (Å²) in [5.74, 6) is 1.91. The number of ether oxygens (including phenoxy) is 1. The Bertz CT molecular complexity index is 1700. The molecule has 0 bridgehead atoms. The maximum atomic E-state index is 14.1. The number of aromatic nitrogens is 3. The second-order valence-corrected chi connectivity index (χ2v) is 12.6. The average Bonchev–Trinajstić information content (AvgIpc) is 3.80. The maximum Gasteiger partial charge on any atom is 0.322 e. The minimum Gasteiger partial charge on any atom is -0.455 e. The largest absolute Gasteiger partial charge is 0.455 e. The standard InChI is InChI=1S/C34H39F2N7O2/c1-3-21-19-43(34(44)39-25-7-6-23(27(15-25)32(35)36)18-42-12-10-41(2)11-13-42)20-24-14-26(17-38-31(21)24)45-30-8-9-37-33-28(30)16-29(40-33)22-4-5-22/h6-9,14-17,21-22,32H,3-5,10-13,18-20H2,1-2H3,(H,37,40)(H,39,44)/t21-/m0/s1. The number of halogens is 2. The first-order chi connectivity index (χ1) is 21.8. The molecule has 2 amide bonds. The number of pyridine rings is 2. The molecule has 5 heterocycles. The summed E-state index contributed by atoms with van der Waals surface area (Å²) in [5, 5.41) is 3.81. The zero-order valence-corrected chi connectivity index (χ0v) is 25.7. The highest BCUT2D eigenvalue weighted by atomic mass is 19.3. The first-order valence-electron chi connectivity index (χ1n) is 15.9. The number of nitrogens with one attached hydrogen (secondary N) is 2. The lowest BCUT2D eigenvalue weighted by Gasteiger charge is -2.34. The molecule has 3 aromatic heterocycles. The first-order valence-corrected chi connectivity index (χ1v) is 15.9. The average molecular weight is 616 g/mol. The molecule has 3 aliphatic rings. The summed E-state index contributed by atoms with van der Waals surface area (Å²) in [6, 6.07) is 10.5. The Morgan fingerprint density at radius 3 is 2.69 bits per heavy atom. The molecular formula is C34H39F2N7O2. The molecule has 11 heteroatoms. The number of piperazine rings is 1. The third kappa shape index (κ3) is 6.37. The number of fused-ring (bicyclic) bond motifs is 2. The van der Waals surface area contributed by atoms with Crippen molar-refractivity contribution in [2.75, 3.05) is 45.1 Å². The van der Waals surface area contributed by atoms with Gasteiger partial charge in [0.05, 0.1) is 17.3 Å². The van der Waals surface area contributed by atoms with E-state index in [1.807, 2.05) is 12.1 Å². The number of carbonyl (C=O) groups excluding carboxylic acids is 1. The summed E-state index contributed by atoms with van der Waals surface area (Å²) >= 11 is 0. The molecule has 1 saturated heterocycles. The lowest BCUT2D eigenvalue weighted by Crippen LogP contribution is -2.44. The van der Waals surface area contributed by atoms with Gasteiger partial charge in [0, 0.05) is 74.9 Å². The summed E-state index contributed by atoms with van der Waals surface area (Å²) < 4.78 is 34.6. The Hall–Kier alpha value is -4.09. The van der Waals surface area contributed by atoms with Crippen LogP contribution in [0.2, 0.25) is 0 Å². The van der Waals surface area contributed by atoms with Crippen LogP contribution in [0.5, 0.6) is 11.5 Å². The van der Waals surface area contributed by atoms with Gasteiger partial charge in [-0.1, -0.05) is 13.0 Å². The summed E-state index contributed by atoms with van der Waals surface area (Å²) in [7, 11) is 2.07. The van der Waals surface area contributed by atoms with E-state index in [9.17, 15) is 13.6 Å². The number of nitrogens with zero attached hydrogens (tertiary/aromatic N) is 5. The summed E-state index contributed by atoms with van der Waals surface area (Å²) in [5.41, 5.74) is 4.79.